The zero-order valence-corrected chi connectivity index (χ0v) is 13.1. The van der Waals surface area contributed by atoms with Crippen LogP contribution in [-0.4, -0.2) is 23.0 Å². The molecule has 0 fully saturated rings. The molecule has 3 heteroatoms. The molecule has 0 saturated heterocycles. The molecule has 20 heavy (non-hydrogen) atoms. The molecular weight excluding hydrogens is 264 g/mol. The molecule has 0 radical (unpaired) electrons. The first-order chi connectivity index (χ1) is 9.72. The van der Waals surface area contributed by atoms with Gasteiger partial charge in [0.1, 0.15) is 0 Å². The number of thiophene rings is 1. The summed E-state index contributed by atoms with van der Waals surface area (Å²) >= 11 is 1.92. The molecule has 0 N–H and O–H groups in total. The molecule has 1 aromatic carbocycles. The van der Waals surface area contributed by atoms with Gasteiger partial charge in [-0.2, -0.15) is 0 Å². The highest BCUT2D eigenvalue weighted by atomic mass is 32.1. The van der Waals surface area contributed by atoms with Crippen molar-refractivity contribution in [2.24, 2.45) is 0 Å². The Morgan fingerprint density at radius 2 is 1.85 bits per heavy atom. The maximum Gasteiger partial charge on any atom is 0.0719 e. The Morgan fingerprint density at radius 1 is 1.10 bits per heavy atom. The predicted octanol–water partition coefficient (Wildman–Crippen LogP) is 4.60. The third-order valence-corrected chi connectivity index (χ3v) is 5.04. The van der Waals surface area contributed by atoms with Crippen LogP contribution in [0.3, 0.4) is 0 Å². The van der Waals surface area contributed by atoms with Crippen LogP contribution in [0.1, 0.15) is 24.4 Å². The van der Waals surface area contributed by atoms with E-state index in [2.05, 4.69) is 56.0 Å². The predicted molar refractivity (Wildman–Crippen MR) is 88.5 cm³/mol. The van der Waals surface area contributed by atoms with Crippen molar-refractivity contribution < 1.29 is 0 Å². The van der Waals surface area contributed by atoms with Crippen molar-refractivity contribution in [2.45, 2.75) is 27.3 Å². The summed E-state index contributed by atoms with van der Waals surface area (Å²) < 4.78 is 1.38. The zero-order valence-electron chi connectivity index (χ0n) is 12.3. The monoisotopic (exact) mass is 284 g/mol. The van der Waals surface area contributed by atoms with E-state index in [9.17, 15) is 0 Å². The topological polar surface area (TPSA) is 16.1 Å². The lowest BCUT2D eigenvalue weighted by atomic mass is 10.1. The van der Waals surface area contributed by atoms with Crippen LogP contribution in [0.4, 0.5) is 0 Å². The Balaban J connectivity index is 2.14. The summed E-state index contributed by atoms with van der Waals surface area (Å²) in [7, 11) is 0. The molecule has 3 rings (SSSR count). The van der Waals surface area contributed by atoms with Crippen molar-refractivity contribution in [3.63, 3.8) is 0 Å². The highest BCUT2D eigenvalue weighted by molar-refractivity contribution is 7.20. The first kappa shape index (κ1) is 13.5. The second-order valence-electron chi connectivity index (χ2n) is 5.13. The minimum absolute atomic E-state index is 1.04. The fourth-order valence-electron chi connectivity index (χ4n) is 2.66. The maximum absolute atomic E-state index is 4.73. The van der Waals surface area contributed by atoms with E-state index < -0.39 is 0 Å². The number of benzene rings is 1. The Morgan fingerprint density at radius 3 is 2.60 bits per heavy atom. The number of pyridine rings is 1. The summed E-state index contributed by atoms with van der Waals surface area (Å²) in [6.07, 6.45) is 0. The summed E-state index contributed by atoms with van der Waals surface area (Å²) in [5.74, 6) is 0. The van der Waals surface area contributed by atoms with Gasteiger partial charge in [0.05, 0.1) is 5.52 Å². The molecule has 0 saturated carbocycles. The number of aryl methyl sites for hydroxylation is 1. The fourth-order valence-corrected chi connectivity index (χ4v) is 3.95. The lowest BCUT2D eigenvalue weighted by Gasteiger charge is -2.16. The van der Waals surface area contributed by atoms with Gasteiger partial charge in [0.2, 0.25) is 0 Å². The Hall–Kier alpha value is -1.45. The highest BCUT2D eigenvalue weighted by Gasteiger charge is 2.11. The molecule has 2 heterocycles. The number of hydrogen-bond donors (Lipinski definition) is 0. The standard InChI is InChI=1S/C17H20N2S/c1-4-19(5-2)11-13-10-15-12(3)18-16-9-7-6-8-14(16)17(15)20-13/h6-10H,4-5,11H2,1-3H3. The highest BCUT2D eigenvalue weighted by Crippen LogP contribution is 2.33. The largest absolute Gasteiger partial charge is 0.299 e. The van der Waals surface area contributed by atoms with E-state index >= 15 is 0 Å². The lowest BCUT2D eigenvalue weighted by Crippen LogP contribution is -2.21. The smallest absolute Gasteiger partial charge is 0.0719 e. The van der Waals surface area contributed by atoms with Crippen LogP contribution in [0, 0.1) is 6.92 Å². The van der Waals surface area contributed by atoms with Crippen LogP contribution in [0.2, 0.25) is 0 Å². The van der Waals surface area contributed by atoms with Crippen LogP contribution in [0.5, 0.6) is 0 Å². The van der Waals surface area contributed by atoms with Gasteiger partial charge < -0.3 is 0 Å². The van der Waals surface area contributed by atoms with Gasteiger partial charge in [-0.3, -0.25) is 9.88 Å². The maximum atomic E-state index is 4.73. The van der Waals surface area contributed by atoms with Gasteiger partial charge in [-0.05, 0) is 32.1 Å². The molecule has 0 atom stereocenters. The Kier molecular flexibility index (Phi) is 3.72. The average Bonchev–Trinajstić information content (AvgIpc) is 2.89. The molecule has 2 nitrogen and oxygen atoms in total. The molecule has 104 valence electrons. The van der Waals surface area contributed by atoms with E-state index in [0.717, 1.165) is 30.8 Å². The second-order valence-corrected chi connectivity index (χ2v) is 6.27. The minimum Gasteiger partial charge on any atom is -0.299 e. The van der Waals surface area contributed by atoms with Crippen LogP contribution in [-0.2, 0) is 6.54 Å². The third-order valence-electron chi connectivity index (χ3n) is 3.88. The Labute approximate surface area is 124 Å². The van der Waals surface area contributed by atoms with Gasteiger partial charge in [-0.15, -0.1) is 11.3 Å². The van der Waals surface area contributed by atoms with Crippen molar-refractivity contribution in [3.8, 4) is 0 Å². The van der Waals surface area contributed by atoms with E-state index in [1.165, 1.54) is 20.3 Å². The number of rotatable bonds is 4. The number of hydrogen-bond acceptors (Lipinski definition) is 3. The van der Waals surface area contributed by atoms with Gasteiger partial charge in [0.25, 0.3) is 0 Å². The van der Waals surface area contributed by atoms with Crippen LogP contribution in [0.25, 0.3) is 21.0 Å². The molecule has 3 aromatic rings. The quantitative estimate of drug-likeness (QED) is 0.696. The molecule has 0 aliphatic carbocycles. The van der Waals surface area contributed by atoms with Gasteiger partial charge in [-0.1, -0.05) is 32.0 Å². The van der Waals surface area contributed by atoms with Gasteiger partial charge >= 0.3 is 0 Å². The van der Waals surface area contributed by atoms with Crippen molar-refractivity contribution in [1.29, 1.82) is 0 Å². The normalized spacial score (nSPS) is 11.8. The summed E-state index contributed by atoms with van der Waals surface area (Å²) in [4.78, 5) is 8.62. The van der Waals surface area contributed by atoms with E-state index in [1.807, 2.05) is 11.3 Å². The van der Waals surface area contributed by atoms with E-state index in [-0.39, 0.29) is 0 Å². The number of fused-ring (bicyclic) bond motifs is 3. The first-order valence-corrected chi connectivity index (χ1v) is 8.04. The van der Waals surface area contributed by atoms with Crippen molar-refractivity contribution in [2.75, 3.05) is 13.1 Å². The SMILES string of the molecule is CCN(CC)Cc1cc2c(C)nc3ccccc3c2s1. The second kappa shape index (κ2) is 5.51. The van der Waals surface area contributed by atoms with Crippen LogP contribution >= 0.6 is 11.3 Å². The molecule has 0 amide bonds. The number of nitrogens with zero attached hydrogens (tertiary/aromatic N) is 2. The van der Waals surface area contributed by atoms with Gasteiger partial charge in [-0.25, -0.2) is 0 Å². The molecular formula is C17H20N2S. The molecule has 0 aliphatic heterocycles. The van der Waals surface area contributed by atoms with E-state index in [1.54, 1.807) is 0 Å². The summed E-state index contributed by atoms with van der Waals surface area (Å²) in [6, 6.07) is 10.8. The summed E-state index contributed by atoms with van der Waals surface area (Å²) in [6.45, 7) is 9.80. The lowest BCUT2D eigenvalue weighted by molar-refractivity contribution is 0.298. The number of aromatic nitrogens is 1. The van der Waals surface area contributed by atoms with E-state index in [4.69, 9.17) is 4.98 Å². The van der Waals surface area contributed by atoms with Crippen LogP contribution < -0.4 is 0 Å². The fraction of sp³-hybridized carbons (Fsp3) is 0.353. The third kappa shape index (κ3) is 2.32. The van der Waals surface area contributed by atoms with Gasteiger partial charge in [0, 0.05) is 32.6 Å². The summed E-state index contributed by atoms with van der Waals surface area (Å²) in [5.41, 5.74) is 2.24. The zero-order chi connectivity index (χ0) is 14.1. The minimum atomic E-state index is 1.04. The van der Waals surface area contributed by atoms with E-state index in [0.29, 0.717) is 0 Å². The molecule has 0 unspecified atom stereocenters. The van der Waals surface area contributed by atoms with Gasteiger partial charge in [0.15, 0.2) is 0 Å². The molecule has 2 aromatic heterocycles. The Bertz CT molecular complexity index is 741. The molecule has 0 bridgehead atoms. The first-order valence-electron chi connectivity index (χ1n) is 7.23. The van der Waals surface area contributed by atoms with Crippen molar-refractivity contribution in [1.82, 2.24) is 9.88 Å². The van der Waals surface area contributed by atoms with Crippen molar-refractivity contribution >= 4 is 32.3 Å². The molecule has 0 aliphatic rings. The van der Waals surface area contributed by atoms with Crippen molar-refractivity contribution in [3.05, 3.63) is 40.9 Å². The summed E-state index contributed by atoms with van der Waals surface area (Å²) in [5, 5.41) is 2.60. The molecule has 0 spiro atoms. The van der Waals surface area contributed by atoms with Crippen LogP contribution in [0.15, 0.2) is 30.3 Å². The average molecular weight is 284 g/mol. The number of para-hydroxylation sites is 1.